The minimum absolute atomic E-state index is 0.00722. The number of fused-ring (bicyclic) bond motifs is 3. The highest BCUT2D eigenvalue weighted by atomic mass is 16.5. The van der Waals surface area contributed by atoms with Crippen LogP contribution in [0.4, 0.5) is 0 Å². The van der Waals surface area contributed by atoms with Gasteiger partial charge in [0, 0.05) is 28.6 Å². The maximum Gasteiger partial charge on any atom is 0.217 e. The molecule has 63 heavy (non-hydrogen) atoms. The first kappa shape index (κ1) is 42.6. The highest BCUT2D eigenvalue weighted by Crippen LogP contribution is 2.44. The number of aromatic nitrogens is 2. The number of rotatable bonds is 9. The van der Waals surface area contributed by atoms with Crippen molar-refractivity contribution >= 4 is 27.7 Å². The van der Waals surface area contributed by atoms with Gasteiger partial charge in [-0.05, 0) is 135 Å². The van der Waals surface area contributed by atoms with Gasteiger partial charge in [-0.1, -0.05) is 143 Å². The maximum atomic E-state index is 7.10. The summed E-state index contributed by atoms with van der Waals surface area (Å²) in [5.41, 5.74) is 11.9. The summed E-state index contributed by atoms with van der Waals surface area (Å²) in [6, 6.07) is 42.1. The quantitative estimate of drug-likeness (QED) is 0.146. The monoisotopic (exact) mass is 836 g/mol. The minimum atomic E-state index is -0.125. The molecule has 2 aromatic heterocycles. The molecule has 0 spiro atoms. The largest absolute Gasteiger partial charge is 0.467 e. The molecule has 2 atom stereocenters. The van der Waals surface area contributed by atoms with Gasteiger partial charge in [-0.3, -0.25) is 4.57 Å². The Balaban J connectivity index is 1.21. The van der Waals surface area contributed by atoms with E-state index in [4.69, 9.17) is 19.5 Å². The molecule has 0 N–H and O–H groups in total. The lowest BCUT2D eigenvalue weighted by Crippen LogP contribution is -2.25. The summed E-state index contributed by atoms with van der Waals surface area (Å²) >= 11 is 0. The second-order valence-corrected chi connectivity index (χ2v) is 20.9. The van der Waals surface area contributed by atoms with Crippen LogP contribution in [0.15, 0.2) is 126 Å². The third kappa shape index (κ3) is 8.44. The van der Waals surface area contributed by atoms with E-state index in [1.54, 1.807) is 0 Å². The lowest BCUT2D eigenvalue weighted by molar-refractivity contribution is 0.150. The Labute approximate surface area is 375 Å². The van der Waals surface area contributed by atoms with Crippen LogP contribution in [0.25, 0.3) is 38.8 Å². The van der Waals surface area contributed by atoms with Crippen LogP contribution in [0.1, 0.15) is 153 Å². The first-order valence-corrected chi connectivity index (χ1v) is 23.5. The van der Waals surface area contributed by atoms with Crippen molar-refractivity contribution in [3.8, 4) is 28.4 Å². The molecule has 1 saturated carbocycles. The van der Waals surface area contributed by atoms with Crippen LogP contribution >= 0.6 is 0 Å². The predicted molar refractivity (Wildman–Crippen MR) is 263 cm³/mol. The van der Waals surface area contributed by atoms with Crippen molar-refractivity contribution in [1.29, 1.82) is 0 Å². The lowest BCUT2D eigenvalue weighted by atomic mass is 9.81. The van der Waals surface area contributed by atoms with Crippen molar-refractivity contribution in [2.75, 3.05) is 0 Å². The minimum Gasteiger partial charge on any atom is -0.467 e. The van der Waals surface area contributed by atoms with Gasteiger partial charge in [-0.2, -0.15) is 0 Å². The summed E-state index contributed by atoms with van der Waals surface area (Å²) in [5, 5.41) is 2.38. The molecule has 0 unspecified atom stereocenters. The number of pyridine rings is 1. The fraction of sp³-hybridized carbons (Fsp3) is 0.379. The summed E-state index contributed by atoms with van der Waals surface area (Å²) in [5.74, 6) is 4.27. The summed E-state index contributed by atoms with van der Waals surface area (Å²) in [6.45, 7) is 22.8. The highest BCUT2D eigenvalue weighted by Gasteiger charge is 2.39. The van der Waals surface area contributed by atoms with Crippen LogP contribution < -0.4 is 4.74 Å². The van der Waals surface area contributed by atoms with E-state index in [-0.39, 0.29) is 23.0 Å². The van der Waals surface area contributed by atoms with Crippen LogP contribution in [0, 0.1) is 5.92 Å². The van der Waals surface area contributed by atoms with Gasteiger partial charge >= 0.3 is 0 Å². The molecule has 0 amide bonds. The van der Waals surface area contributed by atoms with Crippen LogP contribution in [-0.2, 0) is 15.6 Å². The van der Waals surface area contributed by atoms with Crippen molar-refractivity contribution in [3.63, 3.8) is 0 Å². The molecule has 5 nitrogen and oxygen atoms in total. The van der Waals surface area contributed by atoms with Gasteiger partial charge in [0.1, 0.15) is 23.4 Å². The Morgan fingerprint density at radius 1 is 0.619 bits per heavy atom. The Hall–Kier alpha value is -5.68. The average Bonchev–Trinajstić information content (AvgIpc) is 3.86. The molecule has 324 valence electrons. The van der Waals surface area contributed by atoms with Crippen molar-refractivity contribution in [2.45, 2.75) is 136 Å². The van der Waals surface area contributed by atoms with E-state index in [0.29, 0.717) is 23.7 Å². The second kappa shape index (κ2) is 16.8. The molecular formula is C58H65N3O2. The van der Waals surface area contributed by atoms with Gasteiger partial charge in [0.15, 0.2) is 0 Å². The van der Waals surface area contributed by atoms with Crippen molar-refractivity contribution in [3.05, 3.63) is 155 Å². The smallest absolute Gasteiger partial charge is 0.217 e. The first-order valence-electron chi connectivity index (χ1n) is 23.5. The lowest BCUT2D eigenvalue weighted by Gasteiger charge is -2.29. The predicted octanol–water partition coefficient (Wildman–Crippen LogP) is 15.9. The normalized spacial score (nSPS) is 17.5. The standard InChI is InChI=1S/C58H65N3O2/c1-36(2)46-22-17-23-47(37(3)4)53(46)40-30-41(56-60-54(38-18-13-11-14-19-38)55(63-56)39-20-15-12-16-21-39)32-45(31-40)62-44-25-26-48-49-33-42(57(5,6)7)24-27-50(49)61(51(48)35-44)52-34-43(28-29-59-52)58(8,9)10/h12,15-17,20-38,54-55H,11,13-14,18-19H2,1-10H3/t54-,55+/m1/s1. The second-order valence-electron chi connectivity index (χ2n) is 20.9. The molecule has 0 saturated heterocycles. The van der Waals surface area contributed by atoms with Crippen LogP contribution in [-0.4, -0.2) is 21.5 Å². The van der Waals surface area contributed by atoms with E-state index in [0.717, 1.165) is 39.5 Å². The molecule has 3 heterocycles. The Kier molecular flexibility index (Phi) is 11.4. The molecular weight excluding hydrogens is 771 g/mol. The fourth-order valence-electron chi connectivity index (χ4n) is 10.0. The summed E-state index contributed by atoms with van der Waals surface area (Å²) in [4.78, 5) is 10.5. The molecule has 5 heteroatoms. The number of aliphatic imine (C=N–C) groups is 1. The van der Waals surface area contributed by atoms with E-state index >= 15 is 0 Å². The summed E-state index contributed by atoms with van der Waals surface area (Å²) in [6.07, 6.45) is 8.01. The van der Waals surface area contributed by atoms with Crippen LogP contribution in [0.3, 0.4) is 0 Å². The van der Waals surface area contributed by atoms with Gasteiger partial charge in [0.2, 0.25) is 5.90 Å². The van der Waals surface area contributed by atoms with Crippen molar-refractivity contribution < 1.29 is 9.47 Å². The Morgan fingerprint density at radius 2 is 1.30 bits per heavy atom. The Bertz CT molecular complexity index is 2780. The number of nitrogens with zero attached hydrogens (tertiary/aromatic N) is 3. The van der Waals surface area contributed by atoms with Crippen molar-refractivity contribution in [1.82, 2.24) is 9.55 Å². The van der Waals surface area contributed by atoms with Crippen LogP contribution in [0.5, 0.6) is 11.5 Å². The molecule has 1 aliphatic carbocycles. The number of hydrogen-bond donors (Lipinski definition) is 0. The van der Waals surface area contributed by atoms with E-state index in [1.165, 1.54) is 76.3 Å². The molecule has 5 aromatic carbocycles. The molecule has 2 aliphatic rings. The summed E-state index contributed by atoms with van der Waals surface area (Å²) in [7, 11) is 0. The van der Waals surface area contributed by atoms with Crippen LogP contribution in [0.2, 0.25) is 0 Å². The summed E-state index contributed by atoms with van der Waals surface area (Å²) < 4.78 is 16.5. The number of ether oxygens (including phenoxy) is 2. The number of hydrogen-bond acceptors (Lipinski definition) is 4. The van der Waals surface area contributed by atoms with E-state index < -0.39 is 0 Å². The van der Waals surface area contributed by atoms with Gasteiger partial charge in [-0.15, -0.1) is 0 Å². The SMILES string of the molecule is CC(C)c1cccc(C(C)C)c1-c1cc(Oc2ccc3c4cc(C(C)(C)C)ccc4n(-c4cc(C(C)(C)C)ccn4)c3c2)cc(C2=N[C@H](C3CCCCC3)[C@H](c3ccccc3)O2)c1. The third-order valence-electron chi connectivity index (χ3n) is 13.6. The first-order chi connectivity index (χ1) is 30.1. The van der Waals surface area contributed by atoms with Gasteiger partial charge in [0.25, 0.3) is 0 Å². The van der Waals surface area contributed by atoms with Gasteiger partial charge in [0.05, 0.1) is 17.1 Å². The van der Waals surface area contributed by atoms with E-state index in [1.807, 2.05) is 6.20 Å². The topological polar surface area (TPSA) is 48.6 Å². The zero-order valence-electron chi connectivity index (χ0n) is 39.1. The molecule has 1 fully saturated rings. The average molecular weight is 836 g/mol. The van der Waals surface area contributed by atoms with E-state index in [9.17, 15) is 0 Å². The zero-order chi connectivity index (χ0) is 44.2. The molecule has 0 bridgehead atoms. The fourth-order valence-corrected chi connectivity index (χ4v) is 10.0. The molecule has 1 aliphatic heterocycles. The molecule has 7 aromatic rings. The van der Waals surface area contributed by atoms with Gasteiger partial charge < -0.3 is 9.47 Å². The third-order valence-corrected chi connectivity index (χ3v) is 13.6. The highest BCUT2D eigenvalue weighted by molar-refractivity contribution is 6.10. The number of benzene rings is 5. The van der Waals surface area contributed by atoms with Gasteiger partial charge in [-0.25, -0.2) is 9.98 Å². The Morgan fingerprint density at radius 3 is 1.98 bits per heavy atom. The van der Waals surface area contributed by atoms with Crippen molar-refractivity contribution in [2.24, 2.45) is 10.9 Å². The molecule has 9 rings (SSSR count). The maximum absolute atomic E-state index is 7.10. The molecule has 0 radical (unpaired) electrons. The zero-order valence-corrected chi connectivity index (χ0v) is 39.1. The van der Waals surface area contributed by atoms with E-state index in [2.05, 4.69) is 189 Å².